The maximum absolute atomic E-state index is 5.48. The van der Waals surface area contributed by atoms with Gasteiger partial charge in [0.05, 0.1) is 0 Å². The maximum atomic E-state index is 5.48. The van der Waals surface area contributed by atoms with Gasteiger partial charge in [0, 0.05) is 0 Å². The molecule has 4 atom stereocenters. The summed E-state index contributed by atoms with van der Waals surface area (Å²) in [4.78, 5) is 0. The Morgan fingerprint density at radius 3 is 1.40 bits per heavy atom. The number of halogens is 2. The van der Waals surface area contributed by atoms with E-state index in [4.69, 9.17) is 14.2 Å². The molecule has 0 N–H and O–H groups in total. The molecule has 4 unspecified atom stereocenters. The largest absolute Gasteiger partial charge is 0.336 e. The lowest BCUT2D eigenvalue weighted by Gasteiger charge is -2.22. The van der Waals surface area contributed by atoms with Gasteiger partial charge < -0.3 is 14.2 Å². The van der Waals surface area contributed by atoms with Crippen LogP contribution in [-0.2, 0) is 14.2 Å². The molecule has 0 heterocycles. The van der Waals surface area contributed by atoms with Gasteiger partial charge in [0.25, 0.3) is 0 Å². The Kier molecular flexibility index (Phi) is 9.40. The molecular formula is C10H16I2O3. The van der Waals surface area contributed by atoms with Gasteiger partial charge in [-0.2, -0.15) is 0 Å². The molecule has 0 spiro atoms. The lowest BCUT2D eigenvalue weighted by molar-refractivity contribution is -0.208. The van der Waals surface area contributed by atoms with Crippen molar-refractivity contribution in [2.24, 2.45) is 0 Å². The van der Waals surface area contributed by atoms with Gasteiger partial charge in [-0.1, -0.05) is 58.3 Å². The third kappa shape index (κ3) is 8.61. The summed E-state index contributed by atoms with van der Waals surface area (Å²) in [6, 6.07) is 0. The number of hydrogen-bond acceptors (Lipinski definition) is 3. The van der Waals surface area contributed by atoms with Crippen LogP contribution in [0.1, 0.15) is 13.8 Å². The molecule has 0 aliphatic heterocycles. The van der Waals surface area contributed by atoms with E-state index in [1.807, 2.05) is 13.8 Å². The van der Waals surface area contributed by atoms with Crippen molar-refractivity contribution >= 4 is 45.2 Å². The van der Waals surface area contributed by atoms with Crippen LogP contribution in [0.5, 0.6) is 0 Å². The van der Waals surface area contributed by atoms with E-state index in [0.717, 1.165) is 0 Å². The molecule has 0 aromatic heterocycles. The van der Waals surface area contributed by atoms with Crippen molar-refractivity contribution in [3.63, 3.8) is 0 Å². The number of alkyl halides is 2. The third-order valence-corrected chi connectivity index (χ3v) is 1.88. The van der Waals surface area contributed by atoms with E-state index in [1.165, 1.54) is 0 Å². The summed E-state index contributed by atoms with van der Waals surface area (Å²) >= 11 is 4.29. The van der Waals surface area contributed by atoms with Crippen LogP contribution in [0.2, 0.25) is 0 Å². The highest BCUT2D eigenvalue weighted by Crippen LogP contribution is 2.13. The first-order chi connectivity index (χ1) is 6.99. The molecule has 3 nitrogen and oxygen atoms in total. The summed E-state index contributed by atoms with van der Waals surface area (Å²) < 4.78 is 16.4. The predicted octanol–water partition coefficient (Wildman–Crippen LogP) is 3.62. The van der Waals surface area contributed by atoms with Crippen molar-refractivity contribution in [2.75, 3.05) is 0 Å². The second kappa shape index (κ2) is 8.91. The van der Waals surface area contributed by atoms with Gasteiger partial charge in [0.1, 0.15) is 8.22 Å². The molecule has 0 aliphatic carbocycles. The van der Waals surface area contributed by atoms with Crippen molar-refractivity contribution in [1.29, 1.82) is 0 Å². The highest BCUT2D eigenvalue weighted by Gasteiger charge is 2.15. The summed E-state index contributed by atoms with van der Waals surface area (Å²) in [5.41, 5.74) is 0. The van der Waals surface area contributed by atoms with Crippen molar-refractivity contribution in [1.82, 2.24) is 0 Å². The third-order valence-electron chi connectivity index (χ3n) is 1.30. The average molecular weight is 438 g/mol. The van der Waals surface area contributed by atoms with Crippen molar-refractivity contribution in [3.05, 3.63) is 25.3 Å². The fourth-order valence-corrected chi connectivity index (χ4v) is 1.37. The Bertz CT molecular complexity index is 175. The van der Waals surface area contributed by atoms with Gasteiger partial charge in [-0.25, -0.2) is 0 Å². The number of hydrogen-bond donors (Lipinski definition) is 0. The molecule has 0 radical (unpaired) electrons. The van der Waals surface area contributed by atoms with Crippen LogP contribution in [0.4, 0.5) is 0 Å². The molecule has 0 amide bonds. The van der Waals surface area contributed by atoms with Gasteiger partial charge >= 0.3 is 0 Å². The molecule has 0 rings (SSSR count). The average Bonchev–Trinajstić information content (AvgIpc) is 2.14. The minimum Gasteiger partial charge on any atom is -0.336 e. The van der Waals surface area contributed by atoms with E-state index in [9.17, 15) is 0 Å². The molecular weight excluding hydrogens is 422 g/mol. The Hall–Kier alpha value is 0.820. The zero-order valence-corrected chi connectivity index (χ0v) is 13.2. The van der Waals surface area contributed by atoms with Crippen molar-refractivity contribution < 1.29 is 14.2 Å². The zero-order chi connectivity index (χ0) is 11.8. The fourth-order valence-electron chi connectivity index (χ4n) is 0.788. The normalized spacial score (nSPS) is 18.9. The molecule has 0 aromatic rings. The second-order valence-electron chi connectivity index (χ2n) is 2.70. The lowest BCUT2D eigenvalue weighted by Crippen LogP contribution is -2.26. The quantitative estimate of drug-likeness (QED) is 0.251. The van der Waals surface area contributed by atoms with Crippen LogP contribution >= 0.6 is 45.2 Å². The van der Waals surface area contributed by atoms with Crippen LogP contribution in [0.25, 0.3) is 0 Å². The van der Waals surface area contributed by atoms with Gasteiger partial charge in [-0.3, -0.25) is 0 Å². The number of ether oxygens (including phenoxy) is 3. The first kappa shape index (κ1) is 15.8. The van der Waals surface area contributed by atoms with Crippen molar-refractivity contribution in [2.45, 2.75) is 34.6 Å². The summed E-state index contributed by atoms with van der Waals surface area (Å²) in [7, 11) is 0. The van der Waals surface area contributed by atoms with Gasteiger partial charge in [-0.15, -0.1) is 0 Å². The van der Waals surface area contributed by atoms with E-state index in [-0.39, 0.29) is 8.22 Å². The molecule has 88 valence electrons. The SMILES string of the molecule is C=CC(OC(C)I)OC(C=C)OC(C)I. The van der Waals surface area contributed by atoms with Crippen LogP contribution < -0.4 is 0 Å². The Morgan fingerprint density at radius 2 is 1.20 bits per heavy atom. The lowest BCUT2D eigenvalue weighted by atomic mass is 10.5. The Balaban J connectivity index is 4.11. The van der Waals surface area contributed by atoms with E-state index in [2.05, 4.69) is 58.3 Å². The van der Waals surface area contributed by atoms with Crippen LogP contribution in [0.3, 0.4) is 0 Å². The Labute approximate surface area is 119 Å². The highest BCUT2D eigenvalue weighted by atomic mass is 127. The minimum absolute atomic E-state index is 0.0492. The first-order valence-electron chi connectivity index (χ1n) is 4.49. The smallest absolute Gasteiger partial charge is 0.181 e. The van der Waals surface area contributed by atoms with Crippen molar-refractivity contribution in [3.8, 4) is 0 Å². The topological polar surface area (TPSA) is 27.7 Å². The van der Waals surface area contributed by atoms with E-state index >= 15 is 0 Å². The molecule has 0 saturated heterocycles. The monoisotopic (exact) mass is 438 g/mol. The Morgan fingerprint density at radius 1 is 0.867 bits per heavy atom. The summed E-state index contributed by atoms with van der Waals surface area (Å²) in [6.45, 7) is 11.1. The van der Waals surface area contributed by atoms with Gasteiger partial charge in [-0.05, 0) is 26.0 Å². The fraction of sp³-hybridized carbons (Fsp3) is 0.600. The standard InChI is InChI=1S/C10H16I2O3/c1-5-9(13-7(3)11)15-10(6-2)14-8(4)12/h5-10H,1-2H2,3-4H3. The summed E-state index contributed by atoms with van der Waals surface area (Å²) in [6.07, 6.45) is 2.23. The van der Waals surface area contributed by atoms with Crippen LogP contribution in [0.15, 0.2) is 25.3 Å². The van der Waals surface area contributed by atoms with Gasteiger partial charge in [0.2, 0.25) is 0 Å². The van der Waals surface area contributed by atoms with Crippen LogP contribution in [0, 0.1) is 0 Å². The first-order valence-corrected chi connectivity index (χ1v) is 6.98. The molecule has 0 fully saturated rings. The molecule has 0 aliphatic rings. The van der Waals surface area contributed by atoms with E-state index < -0.39 is 12.6 Å². The molecule has 0 bridgehead atoms. The predicted molar refractivity (Wildman–Crippen MR) is 78.2 cm³/mol. The molecule has 5 heteroatoms. The molecule has 0 saturated carbocycles. The maximum Gasteiger partial charge on any atom is 0.181 e. The molecule has 0 aromatic carbocycles. The zero-order valence-electron chi connectivity index (χ0n) is 8.86. The second-order valence-corrected chi connectivity index (χ2v) is 6.21. The van der Waals surface area contributed by atoms with E-state index in [1.54, 1.807) is 12.2 Å². The van der Waals surface area contributed by atoms with Crippen LogP contribution in [-0.4, -0.2) is 20.8 Å². The summed E-state index contributed by atoms with van der Waals surface area (Å²) in [5.74, 6) is 0. The number of rotatable bonds is 8. The minimum atomic E-state index is -0.477. The molecule has 15 heavy (non-hydrogen) atoms. The summed E-state index contributed by atoms with van der Waals surface area (Å²) in [5, 5.41) is 0. The van der Waals surface area contributed by atoms with E-state index in [0.29, 0.717) is 0 Å². The highest BCUT2D eigenvalue weighted by molar-refractivity contribution is 14.1. The van der Waals surface area contributed by atoms with Gasteiger partial charge in [0.15, 0.2) is 12.6 Å².